The molecule has 80 valence electrons. The van der Waals surface area contributed by atoms with Crippen molar-refractivity contribution in [2.45, 2.75) is 33.6 Å². The van der Waals surface area contributed by atoms with Crippen LogP contribution < -0.4 is 0 Å². The minimum Gasteiger partial charge on any atom is -0.466 e. The Morgan fingerprint density at radius 2 is 1.86 bits per heavy atom. The van der Waals surface area contributed by atoms with Crippen LogP contribution >= 0.6 is 0 Å². The van der Waals surface area contributed by atoms with Crippen LogP contribution in [0.2, 0.25) is 0 Å². The second-order valence-electron chi connectivity index (χ2n) is 4.12. The predicted molar refractivity (Wildman–Crippen MR) is 52.7 cm³/mol. The van der Waals surface area contributed by atoms with E-state index in [0.717, 1.165) is 0 Å². The zero-order valence-electron chi connectivity index (χ0n) is 9.08. The fraction of sp³-hybridized carbons (Fsp3) is 0.818. The molecule has 3 nitrogen and oxygen atoms in total. The van der Waals surface area contributed by atoms with Gasteiger partial charge in [0.2, 0.25) is 0 Å². The molecule has 0 bridgehead atoms. The lowest BCUT2D eigenvalue weighted by Gasteiger charge is -2.28. The molecule has 2 unspecified atom stereocenters. The summed E-state index contributed by atoms with van der Waals surface area (Å²) in [6, 6.07) is 0. The van der Waals surface area contributed by atoms with Crippen molar-refractivity contribution in [3.05, 3.63) is 0 Å². The van der Waals surface area contributed by atoms with Crippen LogP contribution in [0.15, 0.2) is 0 Å². The molecule has 2 atom stereocenters. The molecule has 14 heavy (non-hydrogen) atoms. The van der Waals surface area contributed by atoms with E-state index in [9.17, 15) is 9.59 Å². The van der Waals surface area contributed by atoms with Crippen molar-refractivity contribution >= 4 is 11.8 Å². The summed E-state index contributed by atoms with van der Waals surface area (Å²) in [7, 11) is 0. The van der Waals surface area contributed by atoms with Gasteiger partial charge in [0, 0.05) is 11.8 Å². The van der Waals surface area contributed by atoms with E-state index < -0.39 is 0 Å². The van der Waals surface area contributed by atoms with Gasteiger partial charge in [0.1, 0.15) is 5.78 Å². The van der Waals surface area contributed by atoms with Gasteiger partial charge in [-0.25, -0.2) is 0 Å². The van der Waals surface area contributed by atoms with Crippen molar-refractivity contribution in [3.63, 3.8) is 0 Å². The predicted octanol–water partition coefficient (Wildman–Crippen LogP) is 1.80. The summed E-state index contributed by atoms with van der Waals surface area (Å²) in [5.74, 6) is 0.0863. The van der Waals surface area contributed by atoms with Gasteiger partial charge in [-0.1, -0.05) is 13.8 Å². The van der Waals surface area contributed by atoms with E-state index >= 15 is 0 Å². The first kappa shape index (κ1) is 11.2. The number of hydrogen-bond acceptors (Lipinski definition) is 3. The first-order chi connectivity index (χ1) is 6.56. The molecule has 0 aliphatic heterocycles. The number of carbonyl (C=O) groups is 2. The van der Waals surface area contributed by atoms with Gasteiger partial charge in [-0.2, -0.15) is 0 Å². The van der Waals surface area contributed by atoms with Gasteiger partial charge in [-0.15, -0.1) is 0 Å². The van der Waals surface area contributed by atoms with E-state index in [1.54, 1.807) is 6.92 Å². The molecule has 1 saturated carbocycles. The quantitative estimate of drug-likeness (QED) is 0.635. The van der Waals surface area contributed by atoms with Crippen molar-refractivity contribution < 1.29 is 14.3 Å². The lowest BCUT2D eigenvalue weighted by molar-refractivity contribution is -0.151. The fourth-order valence-electron chi connectivity index (χ4n) is 2.12. The van der Waals surface area contributed by atoms with Crippen molar-refractivity contribution in [1.82, 2.24) is 0 Å². The Bertz CT molecular complexity index is 221. The lowest BCUT2D eigenvalue weighted by atomic mass is 9.76. The first-order valence-corrected chi connectivity index (χ1v) is 5.26. The second kappa shape index (κ2) is 4.58. The largest absolute Gasteiger partial charge is 0.466 e. The Morgan fingerprint density at radius 1 is 1.36 bits per heavy atom. The molecule has 3 heteroatoms. The molecule has 0 aromatic heterocycles. The van der Waals surface area contributed by atoms with E-state index in [1.807, 2.05) is 13.8 Å². The molecule has 0 heterocycles. The number of ketones is 1. The van der Waals surface area contributed by atoms with Gasteiger partial charge < -0.3 is 4.74 Å². The summed E-state index contributed by atoms with van der Waals surface area (Å²) in [6.07, 6.45) is 1.31. The molecule has 1 aliphatic carbocycles. The highest BCUT2D eigenvalue weighted by atomic mass is 16.5. The van der Waals surface area contributed by atoms with Crippen LogP contribution in [0.25, 0.3) is 0 Å². The summed E-state index contributed by atoms with van der Waals surface area (Å²) in [6.45, 7) is 6.01. The average Bonchev–Trinajstić information content (AvgIpc) is 2.13. The molecule has 0 aromatic carbocycles. The number of esters is 1. The van der Waals surface area contributed by atoms with Crippen molar-refractivity contribution in [3.8, 4) is 0 Å². The Hall–Kier alpha value is -0.860. The summed E-state index contributed by atoms with van der Waals surface area (Å²) in [5.41, 5.74) is 0. The third-order valence-corrected chi connectivity index (χ3v) is 2.87. The molecule has 0 N–H and O–H groups in total. The van der Waals surface area contributed by atoms with E-state index in [2.05, 4.69) is 0 Å². The molecule has 1 fully saturated rings. The van der Waals surface area contributed by atoms with Crippen LogP contribution in [0, 0.1) is 17.8 Å². The van der Waals surface area contributed by atoms with Gasteiger partial charge in [0.25, 0.3) is 0 Å². The van der Waals surface area contributed by atoms with Gasteiger partial charge in [-0.05, 0) is 19.8 Å². The van der Waals surface area contributed by atoms with Crippen molar-refractivity contribution in [2.24, 2.45) is 17.8 Å². The van der Waals surface area contributed by atoms with Gasteiger partial charge in [0.05, 0.1) is 12.5 Å². The Balaban J connectivity index is 2.57. The summed E-state index contributed by atoms with van der Waals surface area (Å²) in [5, 5.41) is 0. The molecule has 1 aliphatic rings. The summed E-state index contributed by atoms with van der Waals surface area (Å²) in [4.78, 5) is 23.0. The average molecular weight is 198 g/mol. The van der Waals surface area contributed by atoms with Crippen molar-refractivity contribution in [1.29, 1.82) is 0 Å². The number of carbonyl (C=O) groups excluding carboxylic acids is 2. The number of hydrogen-bond donors (Lipinski definition) is 0. The third kappa shape index (κ3) is 2.34. The highest BCUT2D eigenvalue weighted by Gasteiger charge is 2.35. The lowest BCUT2D eigenvalue weighted by Crippen LogP contribution is -2.34. The SMILES string of the molecule is CCOC(=O)C1CC(C)C(=O)C(C)C1. The minimum absolute atomic E-state index is 0.00755. The van der Waals surface area contributed by atoms with Crippen LogP contribution in [0.4, 0.5) is 0 Å². The molecular formula is C11H18O3. The maximum Gasteiger partial charge on any atom is 0.308 e. The topological polar surface area (TPSA) is 43.4 Å². The van der Waals surface area contributed by atoms with Gasteiger partial charge >= 0.3 is 5.97 Å². The molecule has 0 spiro atoms. The zero-order valence-corrected chi connectivity index (χ0v) is 9.08. The molecule has 0 radical (unpaired) electrons. The van der Waals surface area contributed by atoms with Crippen LogP contribution in [-0.4, -0.2) is 18.4 Å². The second-order valence-corrected chi connectivity index (χ2v) is 4.12. The number of Topliss-reactive ketones (excluding diaryl/α,β-unsaturated/α-hetero) is 1. The highest BCUT2D eigenvalue weighted by molar-refractivity contribution is 5.86. The Morgan fingerprint density at radius 3 is 2.29 bits per heavy atom. The molecular weight excluding hydrogens is 180 g/mol. The van der Waals surface area contributed by atoms with E-state index in [-0.39, 0.29) is 29.5 Å². The molecule has 1 rings (SSSR count). The molecule has 0 aromatic rings. The molecule has 0 saturated heterocycles. The van der Waals surface area contributed by atoms with Crippen LogP contribution in [-0.2, 0) is 14.3 Å². The zero-order chi connectivity index (χ0) is 10.7. The summed E-state index contributed by atoms with van der Waals surface area (Å²) < 4.78 is 4.96. The highest BCUT2D eigenvalue weighted by Crippen LogP contribution is 2.30. The summed E-state index contributed by atoms with van der Waals surface area (Å²) >= 11 is 0. The van der Waals surface area contributed by atoms with Gasteiger partial charge in [0.15, 0.2) is 0 Å². The maximum absolute atomic E-state index is 11.5. The first-order valence-electron chi connectivity index (χ1n) is 5.26. The monoisotopic (exact) mass is 198 g/mol. The van der Waals surface area contributed by atoms with Crippen molar-refractivity contribution in [2.75, 3.05) is 6.61 Å². The molecule has 0 amide bonds. The maximum atomic E-state index is 11.5. The van der Waals surface area contributed by atoms with E-state index in [4.69, 9.17) is 4.74 Å². The van der Waals surface area contributed by atoms with Crippen LogP contribution in [0.3, 0.4) is 0 Å². The number of rotatable bonds is 2. The Labute approximate surface area is 84.8 Å². The Kier molecular flexibility index (Phi) is 3.67. The number of ether oxygens (including phenoxy) is 1. The third-order valence-electron chi connectivity index (χ3n) is 2.87. The van der Waals surface area contributed by atoms with Crippen LogP contribution in [0.5, 0.6) is 0 Å². The van der Waals surface area contributed by atoms with E-state index in [0.29, 0.717) is 19.4 Å². The normalized spacial score (nSPS) is 32.8. The van der Waals surface area contributed by atoms with E-state index in [1.165, 1.54) is 0 Å². The smallest absolute Gasteiger partial charge is 0.308 e. The fourth-order valence-corrected chi connectivity index (χ4v) is 2.12. The van der Waals surface area contributed by atoms with Gasteiger partial charge in [-0.3, -0.25) is 9.59 Å². The minimum atomic E-state index is -0.140. The standard InChI is InChI=1S/C11H18O3/c1-4-14-11(13)9-5-7(2)10(12)8(3)6-9/h7-9H,4-6H2,1-3H3. The van der Waals surface area contributed by atoms with Crippen LogP contribution in [0.1, 0.15) is 33.6 Å².